The van der Waals surface area contributed by atoms with Gasteiger partial charge in [-0.15, -0.1) is 0 Å². The van der Waals surface area contributed by atoms with E-state index < -0.39 is 0 Å². The first-order chi connectivity index (χ1) is 13.1. The third-order valence-electron chi connectivity index (χ3n) is 4.21. The van der Waals surface area contributed by atoms with Gasteiger partial charge in [0.1, 0.15) is 5.69 Å². The van der Waals surface area contributed by atoms with E-state index >= 15 is 0 Å². The van der Waals surface area contributed by atoms with Gasteiger partial charge >= 0.3 is 0 Å². The van der Waals surface area contributed by atoms with Gasteiger partial charge in [-0.3, -0.25) is 14.6 Å². The van der Waals surface area contributed by atoms with Crippen molar-refractivity contribution in [3.63, 3.8) is 0 Å². The van der Waals surface area contributed by atoms with Crippen molar-refractivity contribution in [3.05, 3.63) is 89.2 Å². The summed E-state index contributed by atoms with van der Waals surface area (Å²) in [7, 11) is 0. The molecule has 0 spiro atoms. The molecule has 3 aromatic rings. The first-order valence-electron chi connectivity index (χ1n) is 8.80. The fraction of sp³-hybridized carbons (Fsp3) is 0.136. The quantitative estimate of drug-likeness (QED) is 0.707. The van der Waals surface area contributed by atoms with E-state index in [1.807, 2.05) is 62.4 Å². The van der Waals surface area contributed by atoms with Gasteiger partial charge in [0.2, 0.25) is 0 Å². The van der Waals surface area contributed by atoms with Crippen molar-refractivity contribution in [2.24, 2.45) is 0 Å². The highest BCUT2D eigenvalue weighted by Crippen LogP contribution is 2.17. The molecule has 27 heavy (non-hydrogen) atoms. The Morgan fingerprint density at radius 2 is 1.67 bits per heavy atom. The number of hydrogen-bond acceptors (Lipinski definition) is 3. The Hall–Kier alpha value is -3.47. The van der Waals surface area contributed by atoms with Gasteiger partial charge in [0.25, 0.3) is 11.8 Å². The number of pyridine rings is 1. The van der Waals surface area contributed by atoms with Crippen LogP contribution in [0, 0.1) is 6.92 Å². The van der Waals surface area contributed by atoms with E-state index in [2.05, 4.69) is 15.6 Å². The van der Waals surface area contributed by atoms with Crippen LogP contribution in [0.1, 0.15) is 38.9 Å². The average Bonchev–Trinajstić information content (AvgIpc) is 2.70. The molecule has 0 aliphatic heterocycles. The minimum Gasteiger partial charge on any atom is -0.322 e. The molecule has 2 amide bonds. The molecule has 0 radical (unpaired) electrons. The number of aryl methyl sites for hydroxylation is 2. The minimum atomic E-state index is -0.346. The largest absolute Gasteiger partial charge is 0.322 e. The zero-order valence-electron chi connectivity index (χ0n) is 15.3. The number of nitrogens with one attached hydrogen (secondary N) is 2. The predicted octanol–water partition coefficient (Wildman–Crippen LogP) is 4.46. The Bertz CT molecular complexity index is 965. The second kappa shape index (κ2) is 8.27. The summed E-state index contributed by atoms with van der Waals surface area (Å²) in [4.78, 5) is 29.1. The summed E-state index contributed by atoms with van der Waals surface area (Å²) in [6, 6.07) is 18.2. The van der Waals surface area contributed by atoms with Crippen LogP contribution >= 0.6 is 0 Å². The summed E-state index contributed by atoms with van der Waals surface area (Å²) in [6.45, 7) is 4.01. The highest BCUT2D eigenvalue weighted by Gasteiger charge is 2.13. The molecule has 2 aromatic carbocycles. The molecule has 2 N–H and O–H groups in total. The Morgan fingerprint density at radius 3 is 2.41 bits per heavy atom. The van der Waals surface area contributed by atoms with Crippen molar-refractivity contribution in [3.8, 4) is 0 Å². The number of carbonyl (C=O) groups excluding carboxylic acids is 2. The number of carbonyl (C=O) groups is 2. The van der Waals surface area contributed by atoms with Crippen molar-refractivity contribution in [2.75, 3.05) is 10.6 Å². The SMILES string of the molecule is CCc1ccccc1NC(=O)c1cc(C(=O)Nc2ccc(C)cc2)ccn1. The fourth-order valence-corrected chi connectivity index (χ4v) is 2.67. The standard InChI is InChI=1S/C22H21N3O2/c1-3-16-6-4-5-7-19(16)25-22(27)20-14-17(12-13-23-20)21(26)24-18-10-8-15(2)9-11-18/h4-14H,3H2,1-2H3,(H,24,26)(H,25,27). The number of benzene rings is 2. The maximum Gasteiger partial charge on any atom is 0.274 e. The highest BCUT2D eigenvalue weighted by atomic mass is 16.2. The number of rotatable bonds is 5. The molecule has 5 nitrogen and oxygen atoms in total. The molecule has 1 aromatic heterocycles. The first-order valence-corrected chi connectivity index (χ1v) is 8.80. The minimum absolute atomic E-state index is 0.192. The highest BCUT2D eigenvalue weighted by molar-refractivity contribution is 6.08. The monoisotopic (exact) mass is 359 g/mol. The maximum absolute atomic E-state index is 12.5. The first kappa shape index (κ1) is 18.3. The van der Waals surface area contributed by atoms with Crippen LogP contribution in [0.15, 0.2) is 66.9 Å². The molecule has 0 fully saturated rings. The van der Waals surface area contributed by atoms with E-state index in [9.17, 15) is 9.59 Å². The molecule has 0 bridgehead atoms. The molecule has 0 unspecified atom stereocenters. The number of amides is 2. The lowest BCUT2D eigenvalue weighted by Gasteiger charge is -2.10. The summed E-state index contributed by atoms with van der Waals surface area (Å²) >= 11 is 0. The second-order valence-electron chi connectivity index (χ2n) is 6.21. The zero-order valence-corrected chi connectivity index (χ0v) is 15.3. The molecule has 0 atom stereocenters. The van der Waals surface area contributed by atoms with Crippen LogP contribution in [0.4, 0.5) is 11.4 Å². The molecular formula is C22H21N3O2. The second-order valence-corrected chi connectivity index (χ2v) is 6.21. The molecule has 0 saturated heterocycles. The van der Waals surface area contributed by atoms with Crippen LogP contribution in [0.5, 0.6) is 0 Å². The van der Waals surface area contributed by atoms with E-state index in [-0.39, 0.29) is 17.5 Å². The Morgan fingerprint density at radius 1 is 0.926 bits per heavy atom. The predicted molar refractivity (Wildman–Crippen MR) is 107 cm³/mol. The molecule has 136 valence electrons. The molecular weight excluding hydrogens is 338 g/mol. The summed E-state index contributed by atoms with van der Waals surface area (Å²) in [6.07, 6.45) is 2.27. The van der Waals surface area contributed by atoms with Crippen LogP contribution in [-0.4, -0.2) is 16.8 Å². The van der Waals surface area contributed by atoms with Crippen LogP contribution in [0.2, 0.25) is 0 Å². The Balaban J connectivity index is 1.75. The van der Waals surface area contributed by atoms with Gasteiger partial charge in [0.05, 0.1) is 0 Å². The molecule has 1 heterocycles. The van der Waals surface area contributed by atoms with Crippen LogP contribution in [0.25, 0.3) is 0 Å². The van der Waals surface area contributed by atoms with E-state index in [0.29, 0.717) is 11.3 Å². The van der Waals surface area contributed by atoms with Gasteiger partial charge in [-0.05, 0) is 49.2 Å². The summed E-state index contributed by atoms with van der Waals surface area (Å²) < 4.78 is 0. The lowest BCUT2D eigenvalue weighted by molar-refractivity contribution is 0.102. The van der Waals surface area contributed by atoms with Gasteiger partial charge in [-0.25, -0.2) is 0 Å². The van der Waals surface area contributed by atoms with E-state index in [0.717, 1.165) is 23.2 Å². The molecule has 0 saturated carbocycles. The van der Waals surface area contributed by atoms with Crippen LogP contribution < -0.4 is 10.6 Å². The summed E-state index contributed by atoms with van der Waals surface area (Å²) in [5.74, 6) is -0.634. The van der Waals surface area contributed by atoms with Gasteiger partial charge < -0.3 is 10.6 Å². The van der Waals surface area contributed by atoms with Crippen molar-refractivity contribution in [1.29, 1.82) is 0 Å². The van der Waals surface area contributed by atoms with E-state index in [1.54, 1.807) is 6.07 Å². The Kier molecular flexibility index (Phi) is 5.61. The van der Waals surface area contributed by atoms with Gasteiger partial charge in [-0.1, -0.05) is 42.8 Å². The van der Waals surface area contributed by atoms with Gasteiger partial charge in [0.15, 0.2) is 0 Å². The normalized spacial score (nSPS) is 10.3. The molecule has 0 aliphatic carbocycles. The lowest BCUT2D eigenvalue weighted by atomic mass is 10.1. The third-order valence-corrected chi connectivity index (χ3v) is 4.21. The zero-order chi connectivity index (χ0) is 19.2. The maximum atomic E-state index is 12.5. The number of nitrogens with zero attached hydrogens (tertiary/aromatic N) is 1. The fourth-order valence-electron chi connectivity index (χ4n) is 2.67. The third kappa shape index (κ3) is 4.58. The van der Waals surface area contributed by atoms with Crippen molar-refractivity contribution < 1.29 is 9.59 Å². The topological polar surface area (TPSA) is 71.1 Å². The van der Waals surface area contributed by atoms with Crippen LogP contribution in [0.3, 0.4) is 0 Å². The molecule has 3 rings (SSSR count). The van der Waals surface area contributed by atoms with Crippen LogP contribution in [-0.2, 0) is 6.42 Å². The van der Waals surface area contributed by atoms with Gasteiger partial charge in [0, 0.05) is 23.1 Å². The van der Waals surface area contributed by atoms with Crippen molar-refractivity contribution in [1.82, 2.24) is 4.98 Å². The number of anilines is 2. The average molecular weight is 359 g/mol. The van der Waals surface area contributed by atoms with E-state index in [4.69, 9.17) is 0 Å². The van der Waals surface area contributed by atoms with Gasteiger partial charge in [-0.2, -0.15) is 0 Å². The lowest BCUT2D eigenvalue weighted by Crippen LogP contribution is -2.17. The molecule has 0 aliphatic rings. The number of aromatic nitrogens is 1. The molecule has 5 heteroatoms. The Labute approximate surface area is 158 Å². The smallest absolute Gasteiger partial charge is 0.274 e. The number of para-hydroxylation sites is 1. The summed E-state index contributed by atoms with van der Waals surface area (Å²) in [5, 5.41) is 5.69. The van der Waals surface area contributed by atoms with E-state index in [1.165, 1.54) is 12.3 Å². The van der Waals surface area contributed by atoms with Crippen molar-refractivity contribution >= 4 is 23.2 Å². The number of hydrogen-bond donors (Lipinski definition) is 2. The van der Waals surface area contributed by atoms with Crippen molar-refractivity contribution in [2.45, 2.75) is 20.3 Å². The summed E-state index contributed by atoms with van der Waals surface area (Å²) in [5.41, 5.74) is 4.17.